The normalized spacial score (nSPS) is 13.3. The third kappa shape index (κ3) is 3.81. The molecule has 0 saturated heterocycles. The van der Waals surface area contributed by atoms with Gasteiger partial charge in [0.2, 0.25) is 0 Å². The van der Waals surface area contributed by atoms with Gasteiger partial charge in [-0.3, -0.25) is 0 Å². The van der Waals surface area contributed by atoms with E-state index in [-0.39, 0.29) is 0 Å². The van der Waals surface area contributed by atoms with Crippen LogP contribution < -0.4 is 10.1 Å². The standard InChI is InChI=1S/C11H14F3NO2/c1-7-3-4-9(17-2)8(5-7)15-6-10(16)11(12,13)14/h3-5,10,15-16H,6H2,1-2H3. The zero-order valence-corrected chi connectivity index (χ0v) is 9.51. The average Bonchev–Trinajstić information content (AvgIpc) is 2.24. The Hall–Kier alpha value is -1.43. The zero-order chi connectivity index (χ0) is 13.1. The van der Waals surface area contributed by atoms with E-state index in [0.717, 1.165) is 5.56 Å². The van der Waals surface area contributed by atoms with E-state index >= 15 is 0 Å². The monoisotopic (exact) mass is 249 g/mol. The van der Waals surface area contributed by atoms with Crippen LogP contribution in [0, 0.1) is 6.92 Å². The summed E-state index contributed by atoms with van der Waals surface area (Å²) in [6.45, 7) is 1.20. The highest BCUT2D eigenvalue weighted by molar-refractivity contribution is 5.58. The Morgan fingerprint density at radius 1 is 1.41 bits per heavy atom. The molecule has 96 valence electrons. The Kier molecular flexibility index (Phi) is 4.22. The minimum atomic E-state index is -4.62. The van der Waals surface area contributed by atoms with Gasteiger partial charge in [-0.25, -0.2) is 0 Å². The van der Waals surface area contributed by atoms with Gasteiger partial charge in [-0.2, -0.15) is 13.2 Å². The van der Waals surface area contributed by atoms with E-state index in [1.807, 2.05) is 6.92 Å². The van der Waals surface area contributed by atoms with Crippen LogP contribution in [-0.2, 0) is 0 Å². The molecule has 0 amide bonds. The number of anilines is 1. The molecular weight excluding hydrogens is 235 g/mol. The second-order valence-corrected chi connectivity index (χ2v) is 3.64. The minimum Gasteiger partial charge on any atom is -0.495 e. The van der Waals surface area contributed by atoms with Crippen molar-refractivity contribution in [2.75, 3.05) is 19.0 Å². The summed E-state index contributed by atoms with van der Waals surface area (Å²) in [4.78, 5) is 0. The smallest absolute Gasteiger partial charge is 0.416 e. The van der Waals surface area contributed by atoms with Gasteiger partial charge in [0.15, 0.2) is 6.10 Å². The highest BCUT2D eigenvalue weighted by Gasteiger charge is 2.37. The van der Waals surface area contributed by atoms with E-state index in [1.165, 1.54) is 7.11 Å². The molecule has 0 aromatic heterocycles. The number of aliphatic hydroxyl groups excluding tert-OH is 1. The highest BCUT2D eigenvalue weighted by atomic mass is 19.4. The summed E-state index contributed by atoms with van der Waals surface area (Å²) in [5, 5.41) is 11.4. The third-order valence-electron chi connectivity index (χ3n) is 2.22. The van der Waals surface area contributed by atoms with Crippen LogP contribution in [0.15, 0.2) is 18.2 Å². The number of hydrogen-bond donors (Lipinski definition) is 2. The maximum atomic E-state index is 12.1. The number of aryl methyl sites for hydroxylation is 1. The number of rotatable bonds is 4. The lowest BCUT2D eigenvalue weighted by Crippen LogP contribution is -2.35. The Balaban J connectivity index is 2.72. The molecule has 6 heteroatoms. The lowest BCUT2D eigenvalue weighted by molar-refractivity contribution is -0.198. The quantitative estimate of drug-likeness (QED) is 0.860. The van der Waals surface area contributed by atoms with Crippen molar-refractivity contribution in [3.63, 3.8) is 0 Å². The predicted octanol–water partition coefficient (Wildman–Crippen LogP) is 2.34. The van der Waals surface area contributed by atoms with Crippen molar-refractivity contribution in [1.82, 2.24) is 0 Å². The maximum absolute atomic E-state index is 12.1. The molecule has 0 aliphatic heterocycles. The van der Waals surface area contributed by atoms with Crippen LogP contribution in [0.2, 0.25) is 0 Å². The Labute approximate surface area is 97.2 Å². The van der Waals surface area contributed by atoms with E-state index in [0.29, 0.717) is 11.4 Å². The zero-order valence-electron chi connectivity index (χ0n) is 9.51. The van der Waals surface area contributed by atoms with Crippen LogP contribution in [0.3, 0.4) is 0 Å². The number of nitrogens with one attached hydrogen (secondary N) is 1. The Morgan fingerprint density at radius 2 is 2.06 bits per heavy atom. The van der Waals surface area contributed by atoms with Crippen LogP contribution in [0.4, 0.5) is 18.9 Å². The number of methoxy groups -OCH3 is 1. The Morgan fingerprint density at radius 3 is 2.59 bits per heavy atom. The molecule has 2 N–H and O–H groups in total. The molecule has 0 radical (unpaired) electrons. The van der Waals surface area contributed by atoms with Crippen molar-refractivity contribution >= 4 is 5.69 Å². The van der Waals surface area contributed by atoms with Crippen molar-refractivity contribution in [3.05, 3.63) is 23.8 Å². The molecule has 17 heavy (non-hydrogen) atoms. The Bertz CT molecular complexity index is 379. The molecule has 0 spiro atoms. The van der Waals surface area contributed by atoms with Gasteiger partial charge in [-0.1, -0.05) is 6.07 Å². The maximum Gasteiger partial charge on any atom is 0.416 e. The molecule has 0 saturated carbocycles. The van der Waals surface area contributed by atoms with Crippen LogP contribution >= 0.6 is 0 Å². The SMILES string of the molecule is COc1ccc(C)cc1NCC(O)C(F)(F)F. The van der Waals surface area contributed by atoms with Crippen molar-refractivity contribution in [1.29, 1.82) is 0 Å². The molecule has 0 heterocycles. The summed E-state index contributed by atoms with van der Waals surface area (Å²) in [5.41, 5.74) is 1.31. The molecular formula is C11H14F3NO2. The van der Waals surface area contributed by atoms with Gasteiger partial charge in [0.05, 0.1) is 12.8 Å². The molecule has 1 aromatic carbocycles. The molecule has 1 aromatic rings. The van der Waals surface area contributed by atoms with E-state index in [9.17, 15) is 13.2 Å². The van der Waals surface area contributed by atoms with E-state index in [1.54, 1.807) is 18.2 Å². The second-order valence-electron chi connectivity index (χ2n) is 3.64. The summed E-state index contributed by atoms with van der Waals surface area (Å²) in [7, 11) is 1.43. The van der Waals surface area contributed by atoms with Crippen molar-refractivity contribution in [3.8, 4) is 5.75 Å². The number of aliphatic hydroxyl groups is 1. The van der Waals surface area contributed by atoms with Gasteiger partial charge < -0.3 is 15.2 Å². The van der Waals surface area contributed by atoms with Crippen LogP contribution in [-0.4, -0.2) is 31.0 Å². The molecule has 1 rings (SSSR count). The molecule has 0 aliphatic rings. The number of halogens is 3. The van der Waals surface area contributed by atoms with Gasteiger partial charge in [0.1, 0.15) is 5.75 Å². The van der Waals surface area contributed by atoms with E-state index < -0.39 is 18.8 Å². The van der Waals surface area contributed by atoms with Gasteiger partial charge in [-0.15, -0.1) is 0 Å². The van der Waals surface area contributed by atoms with Crippen molar-refractivity contribution in [2.45, 2.75) is 19.2 Å². The average molecular weight is 249 g/mol. The second kappa shape index (κ2) is 5.27. The van der Waals surface area contributed by atoms with E-state index in [2.05, 4.69) is 5.32 Å². The largest absolute Gasteiger partial charge is 0.495 e. The third-order valence-corrected chi connectivity index (χ3v) is 2.22. The number of alkyl halides is 3. The molecule has 0 bridgehead atoms. The van der Waals surface area contributed by atoms with E-state index in [4.69, 9.17) is 9.84 Å². The summed E-state index contributed by atoms with van der Waals surface area (Å²) in [6, 6.07) is 5.09. The van der Waals surface area contributed by atoms with Crippen molar-refractivity contribution < 1.29 is 23.0 Å². The van der Waals surface area contributed by atoms with Crippen LogP contribution in [0.25, 0.3) is 0 Å². The lowest BCUT2D eigenvalue weighted by Gasteiger charge is -2.17. The topological polar surface area (TPSA) is 41.5 Å². The first kappa shape index (κ1) is 13.6. The van der Waals surface area contributed by atoms with Gasteiger partial charge in [0.25, 0.3) is 0 Å². The summed E-state index contributed by atoms with van der Waals surface area (Å²) < 4.78 is 41.3. The molecule has 0 aliphatic carbocycles. The highest BCUT2D eigenvalue weighted by Crippen LogP contribution is 2.26. The fourth-order valence-electron chi connectivity index (χ4n) is 1.28. The number of benzene rings is 1. The fraction of sp³-hybridized carbons (Fsp3) is 0.455. The molecule has 3 nitrogen and oxygen atoms in total. The van der Waals surface area contributed by atoms with Crippen LogP contribution in [0.5, 0.6) is 5.75 Å². The molecule has 1 atom stereocenters. The summed E-state index contributed by atoms with van der Waals surface area (Å²) in [5.74, 6) is 0.435. The predicted molar refractivity (Wildman–Crippen MR) is 58.3 cm³/mol. The summed E-state index contributed by atoms with van der Waals surface area (Å²) in [6.07, 6.45) is -7.02. The van der Waals surface area contributed by atoms with Crippen LogP contribution in [0.1, 0.15) is 5.56 Å². The first-order valence-corrected chi connectivity index (χ1v) is 4.98. The first-order valence-electron chi connectivity index (χ1n) is 4.98. The van der Waals surface area contributed by atoms with Gasteiger partial charge in [-0.05, 0) is 24.6 Å². The van der Waals surface area contributed by atoms with Crippen molar-refractivity contribution in [2.24, 2.45) is 0 Å². The minimum absolute atomic E-state index is 0.427. The lowest BCUT2D eigenvalue weighted by atomic mass is 10.2. The molecule has 0 fully saturated rings. The van der Waals surface area contributed by atoms with Gasteiger partial charge in [0, 0.05) is 6.54 Å². The number of hydrogen-bond acceptors (Lipinski definition) is 3. The summed E-state index contributed by atoms with van der Waals surface area (Å²) >= 11 is 0. The first-order chi connectivity index (χ1) is 7.84. The fourth-order valence-corrected chi connectivity index (χ4v) is 1.28. The molecule has 1 unspecified atom stereocenters. The number of ether oxygens (including phenoxy) is 1. The van der Waals surface area contributed by atoms with Gasteiger partial charge >= 0.3 is 6.18 Å².